The summed E-state index contributed by atoms with van der Waals surface area (Å²) < 4.78 is 21.2. The van der Waals surface area contributed by atoms with Crippen molar-refractivity contribution in [3.63, 3.8) is 0 Å². The fourth-order valence-electron chi connectivity index (χ4n) is 2.61. The van der Waals surface area contributed by atoms with Gasteiger partial charge >= 0.3 is 5.97 Å². The molecule has 154 valence electrons. The predicted molar refractivity (Wildman–Crippen MR) is 111 cm³/mol. The van der Waals surface area contributed by atoms with Crippen LogP contribution in [0.25, 0.3) is 0 Å². The van der Waals surface area contributed by atoms with E-state index in [1.54, 1.807) is 42.5 Å². The molecule has 0 heterocycles. The van der Waals surface area contributed by atoms with Gasteiger partial charge in [-0.25, -0.2) is 4.79 Å². The first kappa shape index (κ1) is 20.7. The Morgan fingerprint density at radius 2 is 1.57 bits per heavy atom. The molecule has 0 aliphatic rings. The van der Waals surface area contributed by atoms with Crippen LogP contribution in [0.5, 0.6) is 23.0 Å². The minimum absolute atomic E-state index is 0.276. The first-order valence-electron chi connectivity index (χ1n) is 9.11. The van der Waals surface area contributed by atoms with Gasteiger partial charge in [-0.3, -0.25) is 4.79 Å². The number of carbonyl (C=O) groups is 2. The van der Waals surface area contributed by atoms with Gasteiger partial charge in [0, 0.05) is 6.07 Å². The Balaban J connectivity index is 1.58. The zero-order chi connectivity index (χ0) is 21.3. The van der Waals surface area contributed by atoms with Crippen LogP contribution in [0.2, 0.25) is 0 Å². The lowest BCUT2D eigenvalue weighted by Gasteiger charge is -2.12. The van der Waals surface area contributed by atoms with Crippen LogP contribution in [-0.2, 0) is 9.53 Å². The summed E-state index contributed by atoms with van der Waals surface area (Å²) in [5.41, 5.74) is 0.718. The highest BCUT2D eigenvalue weighted by molar-refractivity contribution is 5.96. The van der Waals surface area contributed by atoms with E-state index in [1.807, 2.05) is 30.3 Å². The molecule has 0 saturated heterocycles. The maximum Gasteiger partial charge on any atom is 0.338 e. The van der Waals surface area contributed by atoms with E-state index in [1.165, 1.54) is 14.2 Å². The number of methoxy groups -OCH3 is 2. The number of hydrogen-bond donors (Lipinski definition) is 1. The second kappa shape index (κ2) is 9.97. The molecule has 7 heteroatoms. The van der Waals surface area contributed by atoms with Crippen LogP contribution in [-0.4, -0.2) is 32.7 Å². The van der Waals surface area contributed by atoms with Crippen molar-refractivity contribution >= 4 is 17.6 Å². The molecule has 0 aliphatic carbocycles. The Morgan fingerprint density at radius 1 is 0.800 bits per heavy atom. The van der Waals surface area contributed by atoms with E-state index in [4.69, 9.17) is 18.9 Å². The second-order valence-electron chi connectivity index (χ2n) is 6.13. The zero-order valence-electron chi connectivity index (χ0n) is 16.6. The van der Waals surface area contributed by atoms with Crippen molar-refractivity contribution in [2.24, 2.45) is 0 Å². The molecular weight excluding hydrogens is 386 g/mol. The minimum atomic E-state index is -0.634. The quantitative estimate of drug-likeness (QED) is 0.561. The van der Waals surface area contributed by atoms with Crippen molar-refractivity contribution in [3.05, 3.63) is 78.4 Å². The number of anilines is 1. The molecule has 1 N–H and O–H groups in total. The zero-order valence-corrected chi connectivity index (χ0v) is 16.6. The van der Waals surface area contributed by atoms with Gasteiger partial charge in [0.15, 0.2) is 6.61 Å². The normalized spacial score (nSPS) is 10.1. The molecule has 3 aromatic carbocycles. The maximum absolute atomic E-state index is 12.3. The second-order valence-corrected chi connectivity index (χ2v) is 6.13. The monoisotopic (exact) mass is 407 g/mol. The SMILES string of the molecule is COc1ccc(NC(=O)COC(=O)c2cccc(Oc3ccccc3)c2)c(OC)c1. The molecule has 0 saturated carbocycles. The summed E-state index contributed by atoms with van der Waals surface area (Å²) in [6, 6.07) is 20.7. The molecule has 0 fully saturated rings. The van der Waals surface area contributed by atoms with E-state index >= 15 is 0 Å². The van der Waals surface area contributed by atoms with E-state index < -0.39 is 18.5 Å². The molecule has 1 amide bonds. The minimum Gasteiger partial charge on any atom is -0.497 e. The van der Waals surface area contributed by atoms with Crippen molar-refractivity contribution in [2.75, 3.05) is 26.1 Å². The average molecular weight is 407 g/mol. The lowest BCUT2D eigenvalue weighted by molar-refractivity contribution is -0.119. The lowest BCUT2D eigenvalue weighted by Crippen LogP contribution is -2.21. The van der Waals surface area contributed by atoms with Gasteiger partial charge in [0.05, 0.1) is 25.5 Å². The number of rotatable bonds is 8. The largest absolute Gasteiger partial charge is 0.497 e. The smallest absolute Gasteiger partial charge is 0.338 e. The van der Waals surface area contributed by atoms with Crippen LogP contribution in [0.3, 0.4) is 0 Å². The van der Waals surface area contributed by atoms with Crippen LogP contribution >= 0.6 is 0 Å². The number of para-hydroxylation sites is 1. The summed E-state index contributed by atoms with van der Waals surface area (Å²) in [6.45, 7) is -0.447. The highest BCUT2D eigenvalue weighted by Crippen LogP contribution is 2.29. The first-order valence-corrected chi connectivity index (χ1v) is 9.11. The van der Waals surface area contributed by atoms with Gasteiger partial charge in [-0.1, -0.05) is 24.3 Å². The number of esters is 1. The number of nitrogens with one attached hydrogen (secondary N) is 1. The lowest BCUT2D eigenvalue weighted by atomic mass is 10.2. The van der Waals surface area contributed by atoms with Gasteiger partial charge in [-0.15, -0.1) is 0 Å². The van der Waals surface area contributed by atoms with Crippen LogP contribution in [0.1, 0.15) is 10.4 Å². The predicted octanol–water partition coefficient (Wildman–Crippen LogP) is 4.29. The first-order chi connectivity index (χ1) is 14.6. The summed E-state index contributed by atoms with van der Waals surface area (Å²) in [5, 5.41) is 2.64. The topological polar surface area (TPSA) is 83.1 Å². The Hall–Kier alpha value is -4.00. The molecule has 0 unspecified atom stereocenters. The van der Waals surface area contributed by atoms with Gasteiger partial charge in [-0.2, -0.15) is 0 Å². The van der Waals surface area contributed by atoms with Crippen molar-refractivity contribution < 1.29 is 28.5 Å². The Kier molecular flexibility index (Phi) is 6.89. The summed E-state index contributed by atoms with van der Waals surface area (Å²) in [7, 11) is 3.02. The number of carbonyl (C=O) groups excluding carboxylic acids is 2. The standard InChI is InChI=1S/C23H21NO6/c1-27-18-11-12-20(21(14-18)28-2)24-22(25)15-29-23(26)16-7-6-10-19(13-16)30-17-8-4-3-5-9-17/h3-14H,15H2,1-2H3,(H,24,25). The van der Waals surface area contributed by atoms with E-state index in [0.29, 0.717) is 28.7 Å². The van der Waals surface area contributed by atoms with Crippen molar-refractivity contribution in [2.45, 2.75) is 0 Å². The molecule has 0 spiro atoms. The molecule has 0 bridgehead atoms. The molecule has 30 heavy (non-hydrogen) atoms. The molecule has 3 rings (SSSR count). The van der Waals surface area contributed by atoms with Gasteiger partial charge in [0.25, 0.3) is 5.91 Å². The molecule has 3 aromatic rings. The molecule has 0 radical (unpaired) electrons. The third-order valence-corrected chi connectivity index (χ3v) is 4.07. The van der Waals surface area contributed by atoms with Gasteiger partial charge in [0.2, 0.25) is 0 Å². The van der Waals surface area contributed by atoms with Crippen molar-refractivity contribution in [1.82, 2.24) is 0 Å². The highest BCUT2D eigenvalue weighted by atomic mass is 16.5. The molecular formula is C23H21NO6. The Labute approximate surface area is 174 Å². The Bertz CT molecular complexity index is 1020. The molecule has 7 nitrogen and oxygen atoms in total. The van der Waals surface area contributed by atoms with Crippen molar-refractivity contribution in [1.29, 1.82) is 0 Å². The summed E-state index contributed by atoms with van der Waals surface area (Å²) in [4.78, 5) is 24.5. The molecule has 0 aromatic heterocycles. The number of benzene rings is 3. The maximum atomic E-state index is 12.3. The van der Waals surface area contributed by atoms with E-state index in [0.717, 1.165) is 0 Å². The van der Waals surface area contributed by atoms with E-state index in [9.17, 15) is 9.59 Å². The number of hydrogen-bond acceptors (Lipinski definition) is 6. The van der Waals surface area contributed by atoms with Gasteiger partial charge < -0.3 is 24.3 Å². The van der Waals surface area contributed by atoms with Gasteiger partial charge in [0.1, 0.15) is 23.0 Å². The van der Waals surface area contributed by atoms with E-state index in [2.05, 4.69) is 5.32 Å². The number of ether oxygens (including phenoxy) is 4. The van der Waals surface area contributed by atoms with Crippen LogP contribution in [0, 0.1) is 0 Å². The van der Waals surface area contributed by atoms with Crippen LogP contribution in [0.4, 0.5) is 5.69 Å². The summed E-state index contributed by atoms with van der Waals surface area (Å²) in [6.07, 6.45) is 0. The van der Waals surface area contributed by atoms with Gasteiger partial charge in [-0.05, 0) is 42.5 Å². The number of amides is 1. The van der Waals surface area contributed by atoms with E-state index in [-0.39, 0.29) is 5.56 Å². The van der Waals surface area contributed by atoms with Crippen LogP contribution < -0.4 is 19.5 Å². The third-order valence-electron chi connectivity index (χ3n) is 4.07. The summed E-state index contributed by atoms with van der Waals surface area (Å²) >= 11 is 0. The summed E-state index contributed by atoms with van der Waals surface area (Å²) in [5.74, 6) is 1.03. The van der Waals surface area contributed by atoms with Crippen LogP contribution in [0.15, 0.2) is 72.8 Å². The Morgan fingerprint density at radius 3 is 2.30 bits per heavy atom. The fraction of sp³-hybridized carbons (Fsp3) is 0.130. The van der Waals surface area contributed by atoms with Crippen molar-refractivity contribution in [3.8, 4) is 23.0 Å². The average Bonchev–Trinajstić information content (AvgIpc) is 2.78. The third kappa shape index (κ3) is 5.51. The molecule has 0 aliphatic heterocycles. The molecule has 0 atom stereocenters. The fourth-order valence-corrected chi connectivity index (χ4v) is 2.61. The highest BCUT2D eigenvalue weighted by Gasteiger charge is 2.13.